The lowest BCUT2D eigenvalue weighted by molar-refractivity contribution is 0.0110. The van der Waals surface area contributed by atoms with Crippen LogP contribution in [0, 0.1) is 0 Å². The Morgan fingerprint density at radius 2 is 2.13 bits per heavy atom. The quantitative estimate of drug-likeness (QED) is 0.649. The van der Waals surface area contributed by atoms with E-state index >= 15 is 0 Å². The largest absolute Gasteiger partial charge is 0.444 e. The lowest BCUT2D eigenvalue weighted by Gasteiger charge is -2.34. The van der Waals surface area contributed by atoms with E-state index in [4.69, 9.17) is 16.3 Å². The summed E-state index contributed by atoms with van der Waals surface area (Å²) in [7, 11) is 0. The Morgan fingerprint density at radius 1 is 1.53 bits per heavy atom. The third-order valence-corrected chi connectivity index (χ3v) is 2.59. The molecule has 1 fully saturated rings. The Kier molecular flexibility index (Phi) is 3.84. The highest BCUT2D eigenvalue weighted by molar-refractivity contribution is 6.21. The Morgan fingerprint density at radius 3 is 2.60 bits per heavy atom. The third kappa shape index (κ3) is 3.87. The van der Waals surface area contributed by atoms with Crippen LogP contribution >= 0.6 is 11.6 Å². The van der Waals surface area contributed by atoms with Crippen LogP contribution < -0.4 is 0 Å². The molecule has 0 aromatic rings. The number of carbonyl (C=O) groups excluding carboxylic acids is 1. The molecule has 1 heterocycles. The van der Waals surface area contributed by atoms with Crippen LogP contribution in [0.25, 0.3) is 0 Å². The number of hydrogen-bond donors (Lipinski definition) is 1. The van der Waals surface area contributed by atoms with Gasteiger partial charge in [0.15, 0.2) is 0 Å². The molecule has 4 nitrogen and oxygen atoms in total. The predicted molar refractivity (Wildman–Crippen MR) is 58.1 cm³/mol. The van der Waals surface area contributed by atoms with E-state index in [2.05, 4.69) is 0 Å². The van der Waals surface area contributed by atoms with Crippen LogP contribution in [0.5, 0.6) is 0 Å². The zero-order valence-corrected chi connectivity index (χ0v) is 10.1. The van der Waals surface area contributed by atoms with E-state index in [0.717, 1.165) is 0 Å². The van der Waals surface area contributed by atoms with E-state index in [0.29, 0.717) is 19.5 Å². The molecule has 15 heavy (non-hydrogen) atoms. The van der Waals surface area contributed by atoms with Crippen molar-refractivity contribution < 1.29 is 14.6 Å². The SMILES string of the molecule is CC(C)(C)OC(=O)N1CC[C@@H](O)[C@@H](Cl)C1. The number of carbonyl (C=O) groups is 1. The van der Waals surface area contributed by atoms with Crippen molar-refractivity contribution in [3.8, 4) is 0 Å². The Hall–Kier alpha value is -0.480. The highest BCUT2D eigenvalue weighted by atomic mass is 35.5. The van der Waals surface area contributed by atoms with Gasteiger partial charge in [-0.05, 0) is 27.2 Å². The maximum Gasteiger partial charge on any atom is 0.410 e. The Bertz CT molecular complexity index is 239. The van der Waals surface area contributed by atoms with Gasteiger partial charge < -0.3 is 14.7 Å². The summed E-state index contributed by atoms with van der Waals surface area (Å²) in [6.45, 7) is 6.31. The zero-order chi connectivity index (χ0) is 11.6. The first-order chi connectivity index (χ1) is 6.79. The summed E-state index contributed by atoms with van der Waals surface area (Å²) in [5.74, 6) is 0. The van der Waals surface area contributed by atoms with Crippen LogP contribution in [0.2, 0.25) is 0 Å². The second-order valence-electron chi connectivity index (χ2n) is 4.80. The van der Waals surface area contributed by atoms with Gasteiger partial charge in [0, 0.05) is 13.1 Å². The molecule has 88 valence electrons. The van der Waals surface area contributed by atoms with E-state index in [1.807, 2.05) is 20.8 Å². The minimum atomic E-state index is -0.523. The van der Waals surface area contributed by atoms with Crippen molar-refractivity contribution in [2.24, 2.45) is 0 Å². The maximum absolute atomic E-state index is 11.6. The standard InChI is InChI=1S/C10H18ClNO3/c1-10(2,3)15-9(14)12-5-4-8(13)7(11)6-12/h7-8,13H,4-6H2,1-3H3/t7-,8+/m0/s1. The molecule has 0 aromatic heterocycles. The second-order valence-corrected chi connectivity index (χ2v) is 5.36. The summed E-state index contributed by atoms with van der Waals surface area (Å²) in [4.78, 5) is 13.2. The highest BCUT2D eigenvalue weighted by Crippen LogP contribution is 2.18. The molecule has 5 heteroatoms. The van der Waals surface area contributed by atoms with Gasteiger partial charge in [0.2, 0.25) is 0 Å². The van der Waals surface area contributed by atoms with Crippen LogP contribution in [-0.2, 0) is 4.74 Å². The summed E-state index contributed by atoms with van der Waals surface area (Å²) in [6, 6.07) is 0. The van der Waals surface area contributed by atoms with Gasteiger partial charge in [-0.3, -0.25) is 0 Å². The molecule has 1 amide bonds. The molecule has 0 spiro atoms. The van der Waals surface area contributed by atoms with Crippen molar-refractivity contribution in [1.29, 1.82) is 0 Å². The first-order valence-corrected chi connectivity index (χ1v) is 5.53. The van der Waals surface area contributed by atoms with E-state index in [-0.39, 0.29) is 6.09 Å². The van der Waals surface area contributed by atoms with E-state index < -0.39 is 17.1 Å². The molecule has 0 aliphatic carbocycles. The molecule has 0 saturated carbocycles. The minimum absolute atomic E-state index is 0.345. The van der Waals surface area contributed by atoms with E-state index in [1.54, 1.807) is 0 Å². The smallest absolute Gasteiger partial charge is 0.410 e. The zero-order valence-electron chi connectivity index (χ0n) is 9.36. The number of hydrogen-bond acceptors (Lipinski definition) is 3. The van der Waals surface area contributed by atoms with Crippen molar-refractivity contribution >= 4 is 17.7 Å². The van der Waals surface area contributed by atoms with Gasteiger partial charge >= 0.3 is 6.09 Å². The van der Waals surface area contributed by atoms with Gasteiger partial charge in [0.1, 0.15) is 5.60 Å². The summed E-state index contributed by atoms with van der Waals surface area (Å²) < 4.78 is 5.21. The summed E-state index contributed by atoms with van der Waals surface area (Å²) in [5, 5.41) is 9.00. The van der Waals surface area contributed by atoms with E-state index in [9.17, 15) is 9.90 Å². The maximum atomic E-state index is 11.6. The van der Waals surface area contributed by atoms with Crippen molar-refractivity contribution in [3.05, 3.63) is 0 Å². The van der Waals surface area contributed by atoms with Crippen LogP contribution in [0.15, 0.2) is 0 Å². The van der Waals surface area contributed by atoms with Crippen LogP contribution in [0.4, 0.5) is 4.79 Å². The number of alkyl halides is 1. The topological polar surface area (TPSA) is 49.8 Å². The number of nitrogens with zero attached hydrogens (tertiary/aromatic N) is 1. The first kappa shape index (κ1) is 12.6. The van der Waals surface area contributed by atoms with Crippen molar-refractivity contribution in [1.82, 2.24) is 4.90 Å². The lowest BCUT2D eigenvalue weighted by Crippen LogP contribution is -2.48. The number of rotatable bonds is 0. The predicted octanol–water partition coefficient (Wildman–Crippen LogP) is 1.60. The van der Waals surface area contributed by atoms with E-state index in [1.165, 1.54) is 4.90 Å². The molecular formula is C10H18ClNO3. The fourth-order valence-corrected chi connectivity index (χ4v) is 1.68. The molecule has 0 bridgehead atoms. The third-order valence-electron chi connectivity index (χ3n) is 2.16. The number of likely N-dealkylation sites (tertiary alicyclic amines) is 1. The first-order valence-electron chi connectivity index (χ1n) is 5.09. The minimum Gasteiger partial charge on any atom is -0.444 e. The highest BCUT2D eigenvalue weighted by Gasteiger charge is 2.31. The molecule has 0 radical (unpaired) electrons. The normalized spacial score (nSPS) is 27.7. The summed E-state index contributed by atoms with van der Waals surface area (Å²) in [6.07, 6.45) is -0.377. The lowest BCUT2D eigenvalue weighted by atomic mass is 10.1. The second kappa shape index (κ2) is 4.58. The summed E-state index contributed by atoms with van der Waals surface area (Å²) >= 11 is 5.88. The van der Waals surface area contributed by atoms with Crippen molar-refractivity contribution in [2.75, 3.05) is 13.1 Å². The molecule has 2 atom stereocenters. The molecule has 0 aromatic carbocycles. The fraction of sp³-hybridized carbons (Fsp3) is 0.900. The Balaban J connectivity index is 2.48. The number of amides is 1. The molecular weight excluding hydrogens is 218 g/mol. The van der Waals surface area contributed by atoms with Crippen molar-refractivity contribution in [2.45, 2.75) is 44.3 Å². The molecule has 1 N–H and O–H groups in total. The Labute approximate surface area is 95.2 Å². The molecule has 0 unspecified atom stereocenters. The van der Waals surface area contributed by atoms with Gasteiger partial charge in [0.05, 0.1) is 11.5 Å². The average molecular weight is 236 g/mol. The van der Waals surface area contributed by atoms with Crippen LogP contribution in [0.3, 0.4) is 0 Å². The molecule has 1 rings (SSSR count). The van der Waals surface area contributed by atoms with Crippen LogP contribution in [0.1, 0.15) is 27.2 Å². The van der Waals surface area contributed by atoms with Gasteiger partial charge in [-0.15, -0.1) is 11.6 Å². The number of halogens is 1. The fourth-order valence-electron chi connectivity index (χ4n) is 1.38. The molecule has 1 saturated heterocycles. The van der Waals surface area contributed by atoms with Crippen LogP contribution in [-0.4, -0.2) is 46.3 Å². The summed E-state index contributed by atoms with van der Waals surface area (Å²) in [5.41, 5.74) is -0.491. The van der Waals surface area contributed by atoms with Gasteiger partial charge in [-0.2, -0.15) is 0 Å². The molecule has 1 aliphatic heterocycles. The number of aliphatic hydroxyl groups is 1. The number of piperidine rings is 1. The van der Waals surface area contributed by atoms with Crippen molar-refractivity contribution in [3.63, 3.8) is 0 Å². The van der Waals surface area contributed by atoms with Gasteiger partial charge in [-0.1, -0.05) is 0 Å². The molecule has 1 aliphatic rings. The van der Waals surface area contributed by atoms with Gasteiger partial charge in [0.25, 0.3) is 0 Å². The average Bonchev–Trinajstić information content (AvgIpc) is 2.06. The van der Waals surface area contributed by atoms with Gasteiger partial charge in [-0.25, -0.2) is 4.79 Å². The monoisotopic (exact) mass is 235 g/mol. The number of aliphatic hydroxyl groups excluding tert-OH is 1. The number of ether oxygens (including phenoxy) is 1.